The van der Waals surface area contributed by atoms with Crippen molar-refractivity contribution in [3.8, 4) is 0 Å². The Morgan fingerprint density at radius 1 is 0.274 bits per heavy atom. The third-order valence-electron chi connectivity index (χ3n) is 14.0. The highest BCUT2D eigenvalue weighted by Crippen LogP contribution is 2.16. The second-order valence-corrected chi connectivity index (χ2v) is 21.3. The Bertz CT molecular complexity index is 1310. The summed E-state index contributed by atoms with van der Waals surface area (Å²) in [7, 11) is 0. The summed E-state index contributed by atoms with van der Waals surface area (Å²) in [6.07, 6.45) is 77.8. The van der Waals surface area contributed by atoms with Crippen LogP contribution in [0, 0.1) is 0 Å². The van der Waals surface area contributed by atoms with Gasteiger partial charge in [0.15, 0.2) is 6.10 Å². The van der Waals surface area contributed by atoms with Gasteiger partial charge in [0.2, 0.25) is 0 Å². The highest BCUT2D eigenvalue weighted by Gasteiger charge is 2.19. The van der Waals surface area contributed by atoms with E-state index in [0.29, 0.717) is 19.3 Å². The second kappa shape index (κ2) is 61.7. The molecule has 0 aliphatic carbocycles. The highest BCUT2D eigenvalue weighted by atomic mass is 16.6. The largest absolute Gasteiger partial charge is 0.462 e. The van der Waals surface area contributed by atoms with Crippen LogP contribution in [-0.4, -0.2) is 37.2 Å². The molecule has 0 aliphatic heterocycles. The van der Waals surface area contributed by atoms with E-state index in [-0.39, 0.29) is 31.1 Å². The van der Waals surface area contributed by atoms with Crippen LogP contribution in [0.1, 0.15) is 329 Å². The van der Waals surface area contributed by atoms with Gasteiger partial charge < -0.3 is 14.2 Å². The van der Waals surface area contributed by atoms with Gasteiger partial charge in [-0.2, -0.15) is 0 Å². The van der Waals surface area contributed by atoms with E-state index >= 15 is 0 Å². The lowest BCUT2D eigenvalue weighted by atomic mass is 10.1. The molecule has 0 saturated carbocycles. The fourth-order valence-corrected chi connectivity index (χ4v) is 9.15. The monoisotopic (exact) mass is 1020 g/mol. The van der Waals surface area contributed by atoms with Gasteiger partial charge in [-0.15, -0.1) is 0 Å². The number of carbonyl (C=O) groups excluding carboxylic acids is 3. The maximum absolute atomic E-state index is 12.9. The van der Waals surface area contributed by atoms with E-state index in [1.54, 1.807) is 0 Å². The first kappa shape index (κ1) is 70.1. The van der Waals surface area contributed by atoms with Gasteiger partial charge in [0.1, 0.15) is 13.2 Å². The summed E-state index contributed by atoms with van der Waals surface area (Å²) < 4.78 is 16.9. The molecule has 0 bridgehead atoms. The van der Waals surface area contributed by atoms with Gasteiger partial charge in [0, 0.05) is 19.3 Å². The summed E-state index contributed by atoms with van der Waals surface area (Å²) in [6, 6.07) is 0. The van der Waals surface area contributed by atoms with Crippen LogP contribution in [0.15, 0.2) is 60.8 Å². The lowest BCUT2D eigenvalue weighted by molar-refractivity contribution is -0.167. The number of unbranched alkanes of at least 4 members (excludes halogenated alkanes) is 37. The number of ether oxygens (including phenoxy) is 3. The van der Waals surface area contributed by atoms with Crippen LogP contribution in [-0.2, 0) is 28.6 Å². The fourth-order valence-electron chi connectivity index (χ4n) is 9.15. The highest BCUT2D eigenvalue weighted by molar-refractivity contribution is 5.71. The summed E-state index contributed by atoms with van der Waals surface area (Å²) >= 11 is 0. The van der Waals surface area contributed by atoms with Crippen LogP contribution in [0.5, 0.6) is 0 Å². The minimum absolute atomic E-state index is 0.0792. The van der Waals surface area contributed by atoms with E-state index in [4.69, 9.17) is 14.2 Å². The molecule has 0 N–H and O–H groups in total. The standard InChI is InChI=1S/C67H120O6/c1-4-7-10-13-16-19-22-25-28-31-33-36-39-42-45-48-51-54-57-60-66(69)72-63-64(62-71-65(68)59-56-53-50-47-44-41-38-35-30-27-24-21-18-15-12-9-6-3)73-67(70)61-58-55-52-49-46-43-40-37-34-32-29-26-23-20-17-14-11-8-5-2/h16,18-19,21,25,27-28,30,32,34,64H,4-15,17,20,22-24,26,29,31,33,35-63H2,1-3H3/b19-16-,21-18-,28-25-,30-27-,34-32-/t64-/m1/s1. The minimum Gasteiger partial charge on any atom is -0.462 e. The molecule has 6 heteroatoms. The Labute approximate surface area is 453 Å². The molecule has 0 unspecified atom stereocenters. The molecule has 424 valence electrons. The maximum Gasteiger partial charge on any atom is 0.306 e. The predicted octanol–water partition coefficient (Wildman–Crippen LogP) is 21.6. The lowest BCUT2D eigenvalue weighted by Gasteiger charge is -2.18. The molecule has 0 rings (SSSR count). The quantitative estimate of drug-likeness (QED) is 0.0261. The summed E-state index contributed by atoms with van der Waals surface area (Å²) in [5.41, 5.74) is 0. The molecule has 0 aromatic rings. The van der Waals surface area contributed by atoms with Crippen molar-refractivity contribution in [1.82, 2.24) is 0 Å². The molecule has 73 heavy (non-hydrogen) atoms. The number of allylic oxidation sites excluding steroid dienone is 10. The molecule has 6 nitrogen and oxygen atoms in total. The van der Waals surface area contributed by atoms with Crippen molar-refractivity contribution >= 4 is 17.9 Å². The number of hydrogen-bond acceptors (Lipinski definition) is 6. The van der Waals surface area contributed by atoms with Crippen LogP contribution in [0.2, 0.25) is 0 Å². The Morgan fingerprint density at radius 3 is 0.795 bits per heavy atom. The van der Waals surface area contributed by atoms with Crippen molar-refractivity contribution in [2.75, 3.05) is 13.2 Å². The SMILES string of the molecule is CCCCC/C=C\C/C=C\CCCCCCCCCCCC(=O)OC[C@@H](COC(=O)CCCCCCCCC/C=C\C/C=C\CCCCC)OC(=O)CCCCCCCCC/C=C\CCCCCCCCCC. The van der Waals surface area contributed by atoms with Crippen LogP contribution >= 0.6 is 0 Å². The van der Waals surface area contributed by atoms with Gasteiger partial charge in [0.25, 0.3) is 0 Å². The van der Waals surface area contributed by atoms with Crippen LogP contribution in [0.25, 0.3) is 0 Å². The summed E-state index contributed by atoms with van der Waals surface area (Å²) in [5, 5.41) is 0. The molecular weight excluding hydrogens is 901 g/mol. The molecule has 0 radical (unpaired) electrons. The lowest BCUT2D eigenvalue weighted by Crippen LogP contribution is -2.30. The zero-order valence-corrected chi connectivity index (χ0v) is 48.7. The van der Waals surface area contributed by atoms with Gasteiger partial charge in [-0.25, -0.2) is 0 Å². The van der Waals surface area contributed by atoms with Gasteiger partial charge in [-0.1, -0.05) is 261 Å². The van der Waals surface area contributed by atoms with Crippen LogP contribution in [0.3, 0.4) is 0 Å². The van der Waals surface area contributed by atoms with Crippen molar-refractivity contribution in [1.29, 1.82) is 0 Å². The first-order valence-electron chi connectivity index (χ1n) is 31.8. The third-order valence-corrected chi connectivity index (χ3v) is 14.0. The first-order valence-corrected chi connectivity index (χ1v) is 31.8. The zero-order chi connectivity index (χ0) is 52.9. The van der Waals surface area contributed by atoms with E-state index in [2.05, 4.69) is 81.5 Å². The van der Waals surface area contributed by atoms with Crippen molar-refractivity contribution in [3.05, 3.63) is 60.8 Å². The predicted molar refractivity (Wildman–Crippen MR) is 316 cm³/mol. The topological polar surface area (TPSA) is 78.9 Å². The number of carbonyl (C=O) groups is 3. The van der Waals surface area contributed by atoms with Crippen molar-refractivity contribution in [3.63, 3.8) is 0 Å². The minimum atomic E-state index is -0.782. The molecule has 0 aromatic heterocycles. The number of hydrogen-bond donors (Lipinski definition) is 0. The normalized spacial score (nSPS) is 12.4. The Kier molecular flexibility index (Phi) is 59.2. The molecule has 0 saturated heterocycles. The molecule has 0 fully saturated rings. The average molecular weight is 1020 g/mol. The fraction of sp³-hybridized carbons (Fsp3) is 0.806. The molecule has 0 spiro atoms. The van der Waals surface area contributed by atoms with E-state index in [0.717, 1.165) is 77.0 Å². The Hall–Kier alpha value is -2.89. The molecular formula is C67H120O6. The Balaban J connectivity index is 4.38. The van der Waals surface area contributed by atoms with Crippen LogP contribution in [0.4, 0.5) is 0 Å². The third kappa shape index (κ3) is 59.9. The van der Waals surface area contributed by atoms with E-state index < -0.39 is 6.10 Å². The van der Waals surface area contributed by atoms with Gasteiger partial charge in [-0.3, -0.25) is 14.4 Å². The smallest absolute Gasteiger partial charge is 0.306 e. The molecule has 0 amide bonds. The van der Waals surface area contributed by atoms with Crippen molar-refractivity contribution in [2.24, 2.45) is 0 Å². The molecule has 0 heterocycles. The summed E-state index contributed by atoms with van der Waals surface area (Å²) in [6.45, 7) is 6.62. The first-order chi connectivity index (χ1) is 36.0. The average Bonchev–Trinajstić information content (AvgIpc) is 3.39. The van der Waals surface area contributed by atoms with Crippen LogP contribution < -0.4 is 0 Å². The number of esters is 3. The zero-order valence-electron chi connectivity index (χ0n) is 48.7. The van der Waals surface area contributed by atoms with E-state index in [1.807, 2.05) is 0 Å². The van der Waals surface area contributed by atoms with Gasteiger partial charge in [0.05, 0.1) is 0 Å². The molecule has 1 atom stereocenters. The molecule has 0 aliphatic rings. The number of rotatable bonds is 58. The van der Waals surface area contributed by atoms with Crippen molar-refractivity contribution < 1.29 is 28.6 Å². The van der Waals surface area contributed by atoms with E-state index in [9.17, 15) is 14.4 Å². The maximum atomic E-state index is 12.9. The van der Waals surface area contributed by atoms with Crippen molar-refractivity contribution in [2.45, 2.75) is 335 Å². The summed E-state index contributed by atoms with van der Waals surface area (Å²) in [5.74, 6) is -0.879. The molecule has 0 aromatic carbocycles. The summed E-state index contributed by atoms with van der Waals surface area (Å²) in [4.78, 5) is 38.3. The van der Waals surface area contributed by atoms with Gasteiger partial charge >= 0.3 is 17.9 Å². The second-order valence-electron chi connectivity index (χ2n) is 21.3. The Morgan fingerprint density at radius 2 is 0.493 bits per heavy atom. The van der Waals surface area contributed by atoms with Gasteiger partial charge in [-0.05, 0) is 109 Å². The van der Waals surface area contributed by atoms with E-state index in [1.165, 1.54) is 212 Å².